The van der Waals surface area contributed by atoms with Crippen LogP contribution in [0, 0.1) is 0 Å². The number of halogens is 4. The third-order valence-electron chi connectivity index (χ3n) is 1.50. The topological polar surface area (TPSA) is 95.8 Å². The van der Waals surface area contributed by atoms with Gasteiger partial charge in [0, 0.05) is 0 Å². The lowest BCUT2D eigenvalue weighted by Crippen LogP contribution is -2.10. The molecule has 0 aromatic carbocycles. The normalized spacial score (nSPS) is 10.3. The van der Waals surface area contributed by atoms with Crippen LogP contribution in [0.15, 0.2) is 0 Å². The van der Waals surface area contributed by atoms with Gasteiger partial charge in [0.1, 0.15) is 0 Å². The van der Waals surface area contributed by atoms with Crippen molar-refractivity contribution in [2.24, 2.45) is 0 Å². The molecule has 2 rings (SSSR count). The fourth-order valence-electron chi connectivity index (χ4n) is 0.882. The first kappa shape index (κ1) is 14.2. The largest absolute Gasteiger partial charge is 0.425 e. The summed E-state index contributed by atoms with van der Waals surface area (Å²) in [4.78, 5) is 21.7. The summed E-state index contributed by atoms with van der Waals surface area (Å²) in [6, 6.07) is -0.229. The number of hydrogen-bond donors (Lipinski definition) is 0. The van der Waals surface area contributed by atoms with E-state index < -0.39 is 0 Å². The van der Waals surface area contributed by atoms with Gasteiger partial charge in [0.2, 0.25) is 27.9 Å². The van der Waals surface area contributed by atoms with Crippen LogP contribution in [-0.4, -0.2) is 36.7 Å². The molecular formula is C7H2Cl4N6O2. The van der Waals surface area contributed by atoms with Gasteiger partial charge in [-0.1, -0.05) is 0 Å². The standard InChI is InChI=1S/C7H2Cl4N6O2/c8-2-12-3(9)15-6(14-2)18-1-19-7-16-4(10)13-5(11)17-7/h1H2. The van der Waals surface area contributed by atoms with Crippen molar-refractivity contribution < 1.29 is 9.47 Å². The molecule has 0 aliphatic carbocycles. The lowest BCUT2D eigenvalue weighted by atomic mass is 11.0. The summed E-state index contributed by atoms with van der Waals surface area (Å²) in [6.45, 7) is -0.312. The van der Waals surface area contributed by atoms with E-state index >= 15 is 0 Å². The van der Waals surface area contributed by atoms with Crippen LogP contribution >= 0.6 is 46.4 Å². The Labute approximate surface area is 126 Å². The first-order valence-corrected chi connectivity index (χ1v) is 5.94. The molecule has 0 radical (unpaired) electrons. The quantitative estimate of drug-likeness (QED) is 0.778. The monoisotopic (exact) mass is 342 g/mol. The van der Waals surface area contributed by atoms with Crippen LogP contribution in [0.2, 0.25) is 21.1 Å². The molecule has 12 heteroatoms. The van der Waals surface area contributed by atoms with Gasteiger partial charge in [-0.15, -0.1) is 0 Å². The van der Waals surface area contributed by atoms with Crippen molar-refractivity contribution in [2.45, 2.75) is 0 Å². The highest BCUT2D eigenvalue weighted by atomic mass is 35.5. The minimum atomic E-state index is -0.312. The molecule has 0 fully saturated rings. The zero-order valence-electron chi connectivity index (χ0n) is 8.72. The van der Waals surface area contributed by atoms with E-state index in [1.807, 2.05) is 0 Å². The second-order valence-corrected chi connectivity index (χ2v) is 4.07. The van der Waals surface area contributed by atoms with Gasteiger partial charge in [0.15, 0.2) is 0 Å². The van der Waals surface area contributed by atoms with Crippen molar-refractivity contribution in [1.29, 1.82) is 0 Å². The average Bonchev–Trinajstić information content (AvgIpc) is 2.26. The molecule has 0 atom stereocenters. The summed E-state index contributed by atoms with van der Waals surface area (Å²) in [5.41, 5.74) is 0. The summed E-state index contributed by atoms with van der Waals surface area (Å²) in [5.74, 6) is 0. The Morgan fingerprint density at radius 3 is 1.21 bits per heavy atom. The maximum Gasteiger partial charge on any atom is 0.324 e. The van der Waals surface area contributed by atoms with Crippen molar-refractivity contribution >= 4 is 46.4 Å². The number of aromatic nitrogens is 6. The molecule has 0 saturated heterocycles. The van der Waals surface area contributed by atoms with Crippen LogP contribution in [0.5, 0.6) is 12.0 Å². The first-order valence-electron chi connectivity index (χ1n) is 4.42. The van der Waals surface area contributed by atoms with Crippen LogP contribution in [0.25, 0.3) is 0 Å². The molecule has 2 aromatic heterocycles. The molecule has 8 nitrogen and oxygen atoms in total. The Morgan fingerprint density at radius 2 is 0.895 bits per heavy atom. The van der Waals surface area contributed by atoms with E-state index in [2.05, 4.69) is 29.9 Å². The van der Waals surface area contributed by atoms with Crippen LogP contribution in [0.3, 0.4) is 0 Å². The van der Waals surface area contributed by atoms with Crippen molar-refractivity contribution in [3.05, 3.63) is 21.1 Å². The maximum absolute atomic E-state index is 5.55. The van der Waals surface area contributed by atoms with E-state index in [1.165, 1.54) is 0 Å². The maximum atomic E-state index is 5.55. The molecule has 2 heterocycles. The van der Waals surface area contributed by atoms with Crippen LogP contribution in [-0.2, 0) is 0 Å². The molecule has 0 saturated carbocycles. The number of hydrogen-bond acceptors (Lipinski definition) is 8. The Morgan fingerprint density at radius 1 is 0.579 bits per heavy atom. The highest BCUT2D eigenvalue weighted by Gasteiger charge is 2.07. The molecule has 0 spiro atoms. The van der Waals surface area contributed by atoms with Crippen molar-refractivity contribution in [2.75, 3.05) is 6.79 Å². The SMILES string of the molecule is Clc1nc(Cl)nc(OCOc2nc(Cl)nc(Cl)n2)n1. The van der Waals surface area contributed by atoms with E-state index in [9.17, 15) is 0 Å². The average molecular weight is 344 g/mol. The molecular weight excluding hydrogens is 342 g/mol. The number of rotatable bonds is 4. The molecule has 0 aliphatic heterocycles. The third-order valence-corrected chi connectivity index (χ3v) is 2.17. The van der Waals surface area contributed by atoms with Crippen LogP contribution in [0.4, 0.5) is 0 Å². The van der Waals surface area contributed by atoms with Gasteiger partial charge >= 0.3 is 12.0 Å². The Kier molecular flexibility index (Phi) is 4.70. The van der Waals surface area contributed by atoms with Gasteiger partial charge < -0.3 is 9.47 Å². The minimum Gasteiger partial charge on any atom is -0.425 e. The summed E-state index contributed by atoms with van der Waals surface area (Å²) in [5, 5.41) is -0.440. The van der Waals surface area contributed by atoms with Crippen molar-refractivity contribution in [3.8, 4) is 12.0 Å². The Bertz CT molecular complexity index is 508. The van der Waals surface area contributed by atoms with E-state index in [0.717, 1.165) is 0 Å². The van der Waals surface area contributed by atoms with E-state index in [4.69, 9.17) is 55.9 Å². The van der Waals surface area contributed by atoms with E-state index in [1.54, 1.807) is 0 Å². The lowest BCUT2D eigenvalue weighted by molar-refractivity contribution is 0.1000. The van der Waals surface area contributed by atoms with E-state index in [0.29, 0.717) is 0 Å². The van der Waals surface area contributed by atoms with Gasteiger partial charge in [-0.3, -0.25) is 0 Å². The number of nitrogens with zero attached hydrogens (tertiary/aromatic N) is 6. The van der Waals surface area contributed by atoms with Crippen molar-refractivity contribution in [3.63, 3.8) is 0 Å². The van der Waals surface area contributed by atoms with Gasteiger partial charge in [-0.05, 0) is 46.4 Å². The molecule has 19 heavy (non-hydrogen) atoms. The summed E-state index contributed by atoms with van der Waals surface area (Å²) in [7, 11) is 0. The smallest absolute Gasteiger partial charge is 0.324 e. The predicted molar refractivity (Wildman–Crippen MR) is 65.8 cm³/mol. The second-order valence-electron chi connectivity index (χ2n) is 2.72. The van der Waals surface area contributed by atoms with Gasteiger partial charge in [0.25, 0.3) is 0 Å². The van der Waals surface area contributed by atoms with Gasteiger partial charge in [0.05, 0.1) is 0 Å². The van der Waals surface area contributed by atoms with Gasteiger partial charge in [-0.25, -0.2) is 0 Å². The highest BCUT2D eigenvalue weighted by Crippen LogP contribution is 2.13. The molecule has 0 aliphatic rings. The predicted octanol–water partition coefficient (Wildman–Crippen LogP) is 2.09. The van der Waals surface area contributed by atoms with Crippen LogP contribution in [0.1, 0.15) is 0 Å². The zero-order valence-corrected chi connectivity index (χ0v) is 11.7. The second kappa shape index (κ2) is 6.29. The van der Waals surface area contributed by atoms with E-state index in [-0.39, 0.29) is 39.9 Å². The molecule has 0 N–H and O–H groups in total. The molecule has 0 amide bonds. The Balaban J connectivity index is 1.96. The first-order chi connectivity index (χ1) is 9.02. The van der Waals surface area contributed by atoms with Gasteiger partial charge in [-0.2, -0.15) is 29.9 Å². The third kappa shape index (κ3) is 4.43. The Hall–Kier alpha value is -1.22. The fourth-order valence-corrected chi connectivity index (χ4v) is 1.58. The van der Waals surface area contributed by atoms with Crippen molar-refractivity contribution in [1.82, 2.24) is 29.9 Å². The molecule has 0 bridgehead atoms. The molecule has 100 valence electrons. The molecule has 2 aromatic rings. The molecule has 0 unspecified atom stereocenters. The fraction of sp³-hybridized carbons (Fsp3) is 0.143. The summed E-state index contributed by atoms with van der Waals surface area (Å²) >= 11 is 22.2. The minimum absolute atomic E-state index is 0.110. The summed E-state index contributed by atoms with van der Waals surface area (Å²) < 4.78 is 10.0. The highest BCUT2D eigenvalue weighted by molar-refractivity contribution is 6.31. The zero-order chi connectivity index (χ0) is 13.8. The number of ether oxygens (including phenoxy) is 2. The summed E-state index contributed by atoms with van der Waals surface area (Å²) in [6.07, 6.45) is 0. The van der Waals surface area contributed by atoms with Crippen LogP contribution < -0.4 is 9.47 Å². The lowest BCUT2D eigenvalue weighted by Gasteiger charge is -2.05.